The predicted molar refractivity (Wildman–Crippen MR) is 77.8 cm³/mol. The average molecular weight is 309 g/mol. The van der Waals surface area contributed by atoms with E-state index < -0.39 is 0 Å². The van der Waals surface area contributed by atoms with Crippen LogP contribution in [-0.4, -0.2) is 46.9 Å². The Kier molecular flexibility index (Phi) is 4.21. The van der Waals surface area contributed by atoms with Gasteiger partial charge in [-0.1, -0.05) is 0 Å². The highest BCUT2D eigenvalue weighted by atomic mass is 32.1. The van der Waals surface area contributed by atoms with Crippen molar-refractivity contribution in [2.45, 2.75) is 44.9 Å². The second-order valence-corrected chi connectivity index (χ2v) is 6.58. The molecule has 0 aliphatic carbocycles. The van der Waals surface area contributed by atoms with Gasteiger partial charge in [-0.2, -0.15) is 0 Å². The number of carbonyl (C=O) groups excluding carboxylic acids is 2. The molecule has 1 aromatic rings. The maximum atomic E-state index is 12.3. The van der Waals surface area contributed by atoms with Crippen molar-refractivity contribution >= 4 is 23.2 Å². The molecule has 1 unspecified atom stereocenters. The summed E-state index contributed by atoms with van der Waals surface area (Å²) >= 11 is 1.61. The average Bonchev–Trinajstić information content (AvgIpc) is 3.17. The van der Waals surface area contributed by atoms with E-state index in [2.05, 4.69) is 10.3 Å². The number of rotatable bonds is 4. The van der Waals surface area contributed by atoms with Gasteiger partial charge in [0.05, 0.1) is 23.4 Å². The predicted octanol–water partition coefficient (Wildman–Crippen LogP) is 0.848. The second-order valence-electron chi connectivity index (χ2n) is 5.52. The summed E-state index contributed by atoms with van der Waals surface area (Å²) in [5.74, 6) is -0.00398. The smallest absolute Gasteiger partial charge is 0.245 e. The van der Waals surface area contributed by atoms with Crippen molar-refractivity contribution in [3.05, 3.63) is 16.1 Å². The highest BCUT2D eigenvalue weighted by molar-refractivity contribution is 7.09. The summed E-state index contributed by atoms with van der Waals surface area (Å²) in [7, 11) is 0. The maximum absolute atomic E-state index is 12.3. The van der Waals surface area contributed by atoms with Gasteiger partial charge < -0.3 is 15.0 Å². The molecule has 2 aliphatic rings. The third kappa shape index (κ3) is 3.41. The van der Waals surface area contributed by atoms with Crippen LogP contribution in [0.1, 0.15) is 30.0 Å². The van der Waals surface area contributed by atoms with Gasteiger partial charge in [-0.05, 0) is 19.8 Å². The Bertz CT molecular complexity index is 545. The highest BCUT2D eigenvalue weighted by Crippen LogP contribution is 2.19. The molecular formula is C14H19N3O3S. The number of hydrogen-bond acceptors (Lipinski definition) is 5. The number of nitrogens with zero attached hydrogens (tertiary/aromatic N) is 2. The van der Waals surface area contributed by atoms with Crippen LogP contribution in [-0.2, 0) is 20.9 Å². The van der Waals surface area contributed by atoms with Crippen molar-refractivity contribution in [2.24, 2.45) is 0 Å². The number of thiazole rings is 1. The number of hydrogen-bond donors (Lipinski definition) is 1. The first-order valence-corrected chi connectivity index (χ1v) is 8.10. The number of carbonyl (C=O) groups is 2. The van der Waals surface area contributed by atoms with E-state index in [1.54, 1.807) is 16.2 Å². The summed E-state index contributed by atoms with van der Waals surface area (Å²) in [4.78, 5) is 29.6. The number of nitrogens with one attached hydrogen (secondary N) is 1. The first-order valence-electron chi connectivity index (χ1n) is 7.22. The third-order valence-corrected chi connectivity index (χ3v) is 4.71. The maximum Gasteiger partial charge on any atom is 0.245 e. The lowest BCUT2D eigenvalue weighted by atomic mass is 10.2. The molecule has 0 spiro atoms. The van der Waals surface area contributed by atoms with E-state index in [-0.39, 0.29) is 24.0 Å². The zero-order chi connectivity index (χ0) is 14.8. The molecular weight excluding hydrogens is 290 g/mol. The minimum Gasteiger partial charge on any atom is -0.370 e. The molecule has 21 heavy (non-hydrogen) atoms. The van der Waals surface area contributed by atoms with Crippen molar-refractivity contribution in [3.8, 4) is 0 Å². The Labute approximate surface area is 127 Å². The standard InChI is InChI=1S/C14H19N3O3S/c1-9-15-10(8-21-9)7-20-11-4-5-17(6-11)14(19)12-2-3-13(18)16-12/h8,11-12H,2-7H2,1H3,(H,16,18)/t11?,12-/m1/s1. The van der Waals surface area contributed by atoms with Gasteiger partial charge in [0.25, 0.3) is 0 Å². The van der Waals surface area contributed by atoms with E-state index in [9.17, 15) is 9.59 Å². The van der Waals surface area contributed by atoms with Crippen LogP contribution in [0.2, 0.25) is 0 Å². The Morgan fingerprint density at radius 2 is 2.43 bits per heavy atom. The monoisotopic (exact) mass is 309 g/mol. The van der Waals surface area contributed by atoms with E-state index in [4.69, 9.17) is 4.74 Å². The minimum absolute atomic E-state index is 0.0245. The molecule has 7 heteroatoms. The number of aryl methyl sites for hydroxylation is 1. The summed E-state index contributed by atoms with van der Waals surface area (Å²) in [5, 5.41) is 5.76. The molecule has 1 aromatic heterocycles. The largest absolute Gasteiger partial charge is 0.370 e. The van der Waals surface area contributed by atoms with Gasteiger partial charge in [0.1, 0.15) is 6.04 Å². The van der Waals surface area contributed by atoms with Crippen molar-refractivity contribution in [2.75, 3.05) is 13.1 Å². The molecule has 0 bridgehead atoms. The van der Waals surface area contributed by atoms with E-state index in [0.29, 0.717) is 32.5 Å². The molecule has 0 radical (unpaired) electrons. The molecule has 114 valence electrons. The molecule has 2 aliphatic heterocycles. The fourth-order valence-corrected chi connectivity index (χ4v) is 3.36. The van der Waals surface area contributed by atoms with E-state index in [1.165, 1.54) is 0 Å². The van der Waals surface area contributed by atoms with Crippen LogP contribution < -0.4 is 5.32 Å². The lowest BCUT2D eigenvalue weighted by Crippen LogP contribution is -2.43. The Morgan fingerprint density at radius 1 is 1.57 bits per heavy atom. The molecule has 2 saturated heterocycles. The zero-order valence-corrected chi connectivity index (χ0v) is 12.8. The molecule has 6 nitrogen and oxygen atoms in total. The summed E-state index contributed by atoms with van der Waals surface area (Å²) < 4.78 is 5.83. The van der Waals surface area contributed by atoms with Gasteiger partial charge in [-0.25, -0.2) is 4.98 Å². The van der Waals surface area contributed by atoms with Gasteiger partial charge in [-0.3, -0.25) is 9.59 Å². The lowest BCUT2D eigenvalue weighted by molar-refractivity contribution is -0.133. The molecule has 3 rings (SSSR count). The minimum atomic E-state index is -0.336. The van der Waals surface area contributed by atoms with Gasteiger partial charge in [-0.15, -0.1) is 11.3 Å². The van der Waals surface area contributed by atoms with E-state index in [1.807, 2.05) is 12.3 Å². The van der Waals surface area contributed by atoms with Crippen LogP contribution in [0.3, 0.4) is 0 Å². The fraction of sp³-hybridized carbons (Fsp3) is 0.643. The Hall–Kier alpha value is -1.47. The molecule has 3 heterocycles. The Morgan fingerprint density at radius 3 is 3.10 bits per heavy atom. The summed E-state index contributed by atoms with van der Waals surface area (Å²) in [6.45, 7) is 3.78. The topological polar surface area (TPSA) is 71.5 Å². The molecule has 1 N–H and O–H groups in total. The second kappa shape index (κ2) is 6.11. The number of aromatic nitrogens is 1. The quantitative estimate of drug-likeness (QED) is 0.895. The number of ether oxygens (including phenoxy) is 1. The highest BCUT2D eigenvalue weighted by Gasteiger charge is 2.34. The van der Waals surface area contributed by atoms with Crippen LogP contribution in [0.25, 0.3) is 0 Å². The first kappa shape index (κ1) is 14.5. The summed E-state index contributed by atoms with van der Waals surface area (Å²) in [6.07, 6.45) is 1.97. The zero-order valence-electron chi connectivity index (χ0n) is 12.0. The van der Waals surface area contributed by atoms with E-state index in [0.717, 1.165) is 17.1 Å². The molecule has 2 atom stereocenters. The van der Waals surface area contributed by atoms with Gasteiger partial charge >= 0.3 is 0 Å². The van der Waals surface area contributed by atoms with Gasteiger partial charge in [0.15, 0.2) is 0 Å². The van der Waals surface area contributed by atoms with Crippen molar-refractivity contribution in [3.63, 3.8) is 0 Å². The van der Waals surface area contributed by atoms with Crippen molar-refractivity contribution in [1.29, 1.82) is 0 Å². The van der Waals surface area contributed by atoms with Crippen LogP contribution in [0.5, 0.6) is 0 Å². The van der Waals surface area contributed by atoms with Crippen molar-refractivity contribution < 1.29 is 14.3 Å². The molecule has 0 saturated carbocycles. The van der Waals surface area contributed by atoms with Gasteiger partial charge in [0, 0.05) is 24.9 Å². The number of likely N-dealkylation sites (tertiary alicyclic amines) is 1. The Balaban J connectivity index is 1.46. The van der Waals surface area contributed by atoms with Crippen LogP contribution in [0, 0.1) is 6.92 Å². The lowest BCUT2D eigenvalue weighted by Gasteiger charge is -2.20. The molecule has 2 fully saturated rings. The van der Waals surface area contributed by atoms with Crippen LogP contribution in [0.4, 0.5) is 0 Å². The molecule has 2 amide bonds. The van der Waals surface area contributed by atoms with Gasteiger partial charge in [0.2, 0.25) is 11.8 Å². The first-order chi connectivity index (χ1) is 10.1. The third-order valence-electron chi connectivity index (χ3n) is 3.88. The molecule has 0 aromatic carbocycles. The van der Waals surface area contributed by atoms with E-state index >= 15 is 0 Å². The normalized spacial score (nSPS) is 25.4. The van der Waals surface area contributed by atoms with Crippen LogP contribution >= 0.6 is 11.3 Å². The van der Waals surface area contributed by atoms with Crippen molar-refractivity contribution in [1.82, 2.24) is 15.2 Å². The SMILES string of the molecule is Cc1nc(COC2CCN(C(=O)[C@H]3CCC(=O)N3)C2)cs1. The fourth-order valence-electron chi connectivity index (χ4n) is 2.76. The summed E-state index contributed by atoms with van der Waals surface area (Å²) in [5.41, 5.74) is 0.949. The number of amides is 2. The summed E-state index contributed by atoms with van der Waals surface area (Å²) in [6, 6.07) is -0.336. The van der Waals surface area contributed by atoms with Crippen LogP contribution in [0.15, 0.2) is 5.38 Å².